The van der Waals surface area contributed by atoms with Crippen LogP contribution >= 0.6 is 0 Å². The Bertz CT molecular complexity index is 600. The molecule has 0 aromatic heterocycles. The number of hydrogen-bond acceptors (Lipinski definition) is 8. The molecule has 9 nitrogen and oxygen atoms in total. The van der Waals surface area contributed by atoms with Crippen molar-refractivity contribution >= 4 is 6.09 Å². The first-order chi connectivity index (χ1) is 12.5. The molecule has 6 atom stereocenters. The molecule has 2 saturated heterocycles. The van der Waals surface area contributed by atoms with Gasteiger partial charge in [-0.1, -0.05) is 30.3 Å². The standard InChI is InChI=1S/C17H23NO8/c1-23-12-7-18(17(22)24-9-10-5-3-2-4-6-10)16-15(25-12)13(21)14(26-16)11(20)8-19/h2-6,11-16,19-21H,7-9H2,1H3/t11-,12-,13+,14-,15+,16-/m1/s1. The number of methoxy groups -OCH3 is 1. The number of aliphatic hydroxyl groups is 3. The van der Waals surface area contributed by atoms with Crippen molar-refractivity contribution in [2.75, 3.05) is 20.3 Å². The van der Waals surface area contributed by atoms with E-state index < -0.39 is 49.6 Å². The van der Waals surface area contributed by atoms with Gasteiger partial charge < -0.3 is 34.3 Å². The number of ether oxygens (including phenoxy) is 4. The van der Waals surface area contributed by atoms with Crippen LogP contribution in [0, 0.1) is 0 Å². The third kappa shape index (κ3) is 3.83. The van der Waals surface area contributed by atoms with Gasteiger partial charge >= 0.3 is 6.09 Å². The van der Waals surface area contributed by atoms with Gasteiger partial charge in [0.05, 0.1) is 13.2 Å². The maximum absolute atomic E-state index is 12.5. The van der Waals surface area contributed by atoms with E-state index in [0.717, 1.165) is 5.56 Å². The van der Waals surface area contributed by atoms with Gasteiger partial charge in [-0.15, -0.1) is 0 Å². The Hall–Kier alpha value is -1.75. The van der Waals surface area contributed by atoms with Gasteiger partial charge in [-0.3, -0.25) is 4.90 Å². The molecule has 0 radical (unpaired) electrons. The fraction of sp³-hybridized carbons (Fsp3) is 0.588. The number of hydrogen-bond donors (Lipinski definition) is 3. The number of fused-ring (bicyclic) bond motifs is 1. The molecule has 1 amide bonds. The molecule has 9 heteroatoms. The highest BCUT2D eigenvalue weighted by atomic mass is 16.7. The van der Waals surface area contributed by atoms with Gasteiger partial charge in [0.1, 0.15) is 31.0 Å². The fourth-order valence-corrected chi connectivity index (χ4v) is 3.09. The predicted molar refractivity (Wildman–Crippen MR) is 86.8 cm³/mol. The molecular formula is C17H23NO8. The van der Waals surface area contributed by atoms with Crippen molar-refractivity contribution in [2.45, 2.75) is 43.5 Å². The van der Waals surface area contributed by atoms with Crippen molar-refractivity contribution in [1.82, 2.24) is 4.90 Å². The van der Waals surface area contributed by atoms with Crippen LogP contribution in [0.5, 0.6) is 0 Å². The Morgan fingerprint density at radius 1 is 1.35 bits per heavy atom. The van der Waals surface area contributed by atoms with Crippen LogP contribution in [0.3, 0.4) is 0 Å². The fourth-order valence-electron chi connectivity index (χ4n) is 3.09. The highest BCUT2D eigenvalue weighted by Crippen LogP contribution is 2.33. The summed E-state index contributed by atoms with van der Waals surface area (Å²) in [5.74, 6) is 0. The second-order valence-corrected chi connectivity index (χ2v) is 6.19. The van der Waals surface area contributed by atoms with E-state index in [1.807, 2.05) is 30.3 Å². The summed E-state index contributed by atoms with van der Waals surface area (Å²) in [6.45, 7) is -0.468. The quantitative estimate of drug-likeness (QED) is 0.632. The van der Waals surface area contributed by atoms with Crippen LogP contribution in [0.15, 0.2) is 30.3 Å². The molecule has 2 aliphatic rings. The Morgan fingerprint density at radius 3 is 2.73 bits per heavy atom. The van der Waals surface area contributed by atoms with Gasteiger partial charge in [0, 0.05) is 7.11 Å². The van der Waals surface area contributed by atoms with E-state index in [9.17, 15) is 15.0 Å². The smallest absolute Gasteiger partial charge is 0.412 e. The van der Waals surface area contributed by atoms with Gasteiger partial charge in [-0.25, -0.2) is 4.79 Å². The average Bonchev–Trinajstić information content (AvgIpc) is 3.02. The summed E-state index contributed by atoms with van der Waals surface area (Å²) in [6.07, 6.45) is -6.93. The molecule has 0 saturated carbocycles. The van der Waals surface area contributed by atoms with E-state index in [1.54, 1.807) is 0 Å². The summed E-state index contributed by atoms with van der Waals surface area (Å²) in [6, 6.07) is 9.20. The second-order valence-electron chi connectivity index (χ2n) is 6.19. The second kappa shape index (κ2) is 8.30. The largest absolute Gasteiger partial charge is 0.444 e. The summed E-state index contributed by atoms with van der Waals surface area (Å²) in [4.78, 5) is 13.8. The highest BCUT2D eigenvalue weighted by Gasteiger charge is 2.54. The molecule has 1 aromatic rings. The van der Waals surface area contributed by atoms with Crippen LogP contribution in [-0.2, 0) is 25.6 Å². The lowest BCUT2D eigenvalue weighted by molar-refractivity contribution is -0.243. The van der Waals surface area contributed by atoms with Crippen molar-refractivity contribution in [2.24, 2.45) is 0 Å². The molecule has 3 rings (SSSR count). The molecule has 144 valence electrons. The zero-order chi connectivity index (χ0) is 18.7. The van der Waals surface area contributed by atoms with Crippen molar-refractivity contribution < 1.29 is 39.1 Å². The first kappa shape index (κ1) is 19.0. The molecular weight excluding hydrogens is 346 g/mol. The molecule has 2 heterocycles. The van der Waals surface area contributed by atoms with Gasteiger partial charge in [-0.2, -0.15) is 0 Å². The van der Waals surface area contributed by atoms with Crippen molar-refractivity contribution in [3.05, 3.63) is 35.9 Å². The lowest BCUT2D eigenvalue weighted by Gasteiger charge is -2.39. The lowest BCUT2D eigenvalue weighted by Crippen LogP contribution is -2.58. The summed E-state index contributed by atoms with van der Waals surface area (Å²) >= 11 is 0. The van der Waals surface area contributed by atoms with Crippen LogP contribution in [0.25, 0.3) is 0 Å². The number of carbonyl (C=O) groups excluding carboxylic acids is 1. The highest BCUT2D eigenvalue weighted by molar-refractivity contribution is 5.68. The number of amides is 1. The summed E-state index contributed by atoms with van der Waals surface area (Å²) in [5, 5.41) is 29.3. The SMILES string of the molecule is CO[C@H]1CN(C(=O)OCc2ccccc2)[C@@H]2O[C@H]([C@H](O)CO)[C@H](O)[C@@H]2O1. The maximum Gasteiger partial charge on any atom is 0.412 e. The van der Waals surface area contributed by atoms with Crippen LogP contribution < -0.4 is 0 Å². The monoisotopic (exact) mass is 369 g/mol. The Labute approximate surface area is 150 Å². The summed E-state index contributed by atoms with van der Waals surface area (Å²) in [7, 11) is 1.42. The van der Waals surface area contributed by atoms with Crippen LogP contribution in [0.4, 0.5) is 4.79 Å². The molecule has 3 N–H and O–H groups in total. The molecule has 0 unspecified atom stereocenters. The van der Waals surface area contributed by atoms with Crippen molar-refractivity contribution in [1.29, 1.82) is 0 Å². The van der Waals surface area contributed by atoms with E-state index in [-0.39, 0.29) is 13.2 Å². The first-order valence-electron chi connectivity index (χ1n) is 8.33. The molecule has 26 heavy (non-hydrogen) atoms. The van der Waals surface area contributed by atoms with Crippen molar-refractivity contribution in [3.63, 3.8) is 0 Å². The number of carbonyl (C=O) groups is 1. The number of rotatable bonds is 5. The minimum atomic E-state index is -1.30. The first-order valence-corrected chi connectivity index (χ1v) is 8.33. The van der Waals surface area contributed by atoms with E-state index in [1.165, 1.54) is 12.0 Å². The lowest BCUT2D eigenvalue weighted by atomic mass is 10.0. The third-order valence-corrected chi connectivity index (χ3v) is 4.48. The molecule has 0 bridgehead atoms. The summed E-state index contributed by atoms with van der Waals surface area (Å²) in [5.41, 5.74) is 0.829. The Kier molecular flexibility index (Phi) is 6.07. The molecule has 0 spiro atoms. The minimum Gasteiger partial charge on any atom is -0.444 e. The normalized spacial score (nSPS) is 32.2. The zero-order valence-corrected chi connectivity index (χ0v) is 14.3. The molecule has 1 aromatic carbocycles. The topological polar surface area (TPSA) is 118 Å². The zero-order valence-electron chi connectivity index (χ0n) is 14.3. The Morgan fingerprint density at radius 2 is 2.08 bits per heavy atom. The van der Waals surface area contributed by atoms with Gasteiger partial charge in [0.15, 0.2) is 12.5 Å². The molecule has 0 aliphatic carbocycles. The van der Waals surface area contributed by atoms with Crippen LogP contribution in [0.1, 0.15) is 5.56 Å². The van der Waals surface area contributed by atoms with Crippen LogP contribution in [0.2, 0.25) is 0 Å². The van der Waals surface area contributed by atoms with Gasteiger partial charge in [0.2, 0.25) is 0 Å². The number of morpholine rings is 1. The number of aliphatic hydroxyl groups excluding tert-OH is 3. The molecule has 2 aliphatic heterocycles. The Balaban J connectivity index is 1.71. The van der Waals surface area contributed by atoms with Crippen molar-refractivity contribution in [3.8, 4) is 0 Å². The van der Waals surface area contributed by atoms with E-state index in [0.29, 0.717) is 0 Å². The predicted octanol–water partition coefficient (Wildman–Crippen LogP) is -0.565. The van der Waals surface area contributed by atoms with Gasteiger partial charge in [0.25, 0.3) is 0 Å². The van der Waals surface area contributed by atoms with E-state index in [4.69, 9.17) is 24.1 Å². The van der Waals surface area contributed by atoms with Crippen LogP contribution in [-0.4, -0.2) is 83.5 Å². The number of benzene rings is 1. The minimum absolute atomic E-state index is 0.0416. The molecule has 2 fully saturated rings. The third-order valence-electron chi connectivity index (χ3n) is 4.48. The van der Waals surface area contributed by atoms with E-state index >= 15 is 0 Å². The average molecular weight is 369 g/mol. The van der Waals surface area contributed by atoms with E-state index in [2.05, 4.69) is 0 Å². The number of nitrogens with zero attached hydrogens (tertiary/aromatic N) is 1. The maximum atomic E-state index is 12.5. The summed E-state index contributed by atoms with van der Waals surface area (Å²) < 4.78 is 21.7. The van der Waals surface area contributed by atoms with Gasteiger partial charge in [-0.05, 0) is 5.56 Å².